The Morgan fingerprint density at radius 1 is 1.03 bits per heavy atom. The highest BCUT2D eigenvalue weighted by atomic mass is 19.1. The fourth-order valence-electron chi connectivity index (χ4n) is 5.55. The molecule has 1 aliphatic heterocycles. The molecule has 1 aliphatic carbocycles. The van der Waals surface area contributed by atoms with E-state index in [2.05, 4.69) is 16.1 Å². The molecule has 1 fully saturated rings. The highest BCUT2D eigenvalue weighted by Crippen LogP contribution is 2.44. The molecule has 0 atom stereocenters. The van der Waals surface area contributed by atoms with Crippen molar-refractivity contribution in [3.63, 3.8) is 0 Å². The summed E-state index contributed by atoms with van der Waals surface area (Å²) in [6.45, 7) is 2.66. The van der Waals surface area contributed by atoms with E-state index in [1.165, 1.54) is 6.07 Å². The van der Waals surface area contributed by atoms with Gasteiger partial charge in [0.1, 0.15) is 11.6 Å². The standard InChI is InChI=1S/C29H25FN4O2/c1-19-8-9-22(16-24(19)30)34-26(21-6-4-12-31-18-21)17-25(32-34)28(36)33-13-10-29(11-14-33)23-7-3-2-5-20(23)15-27(29)35/h2-9,12,16-18H,10-11,13-15H2,1H3. The van der Waals surface area contributed by atoms with Gasteiger partial charge in [-0.1, -0.05) is 30.3 Å². The van der Waals surface area contributed by atoms with E-state index in [1.54, 1.807) is 47.1 Å². The average molecular weight is 481 g/mol. The van der Waals surface area contributed by atoms with Gasteiger partial charge in [-0.05, 0) is 66.8 Å². The van der Waals surface area contributed by atoms with E-state index in [9.17, 15) is 14.0 Å². The Bertz CT molecular complexity index is 1490. The van der Waals surface area contributed by atoms with Crippen LogP contribution < -0.4 is 0 Å². The Kier molecular flexibility index (Phi) is 5.29. The van der Waals surface area contributed by atoms with Gasteiger partial charge in [0.2, 0.25) is 0 Å². The molecule has 0 bridgehead atoms. The van der Waals surface area contributed by atoms with E-state index in [0.29, 0.717) is 49.3 Å². The molecule has 2 aliphatic rings. The van der Waals surface area contributed by atoms with Gasteiger partial charge in [0.15, 0.2) is 5.69 Å². The number of aromatic nitrogens is 3. The summed E-state index contributed by atoms with van der Waals surface area (Å²) in [4.78, 5) is 32.5. The minimum absolute atomic E-state index is 0.194. The van der Waals surface area contributed by atoms with Gasteiger partial charge < -0.3 is 4.90 Å². The largest absolute Gasteiger partial charge is 0.337 e. The third-order valence-electron chi connectivity index (χ3n) is 7.61. The number of likely N-dealkylation sites (tertiary alicyclic amines) is 1. The number of ketones is 1. The lowest BCUT2D eigenvalue weighted by atomic mass is 9.73. The van der Waals surface area contributed by atoms with Crippen molar-refractivity contribution < 1.29 is 14.0 Å². The van der Waals surface area contributed by atoms with Crippen molar-refractivity contribution in [1.29, 1.82) is 0 Å². The van der Waals surface area contributed by atoms with Gasteiger partial charge in [0, 0.05) is 37.5 Å². The molecule has 0 unspecified atom stereocenters. The van der Waals surface area contributed by atoms with E-state index in [0.717, 1.165) is 16.7 Å². The molecule has 2 aromatic heterocycles. The number of rotatable bonds is 3. The second-order valence-electron chi connectivity index (χ2n) is 9.63. The summed E-state index contributed by atoms with van der Waals surface area (Å²) in [7, 11) is 0. The highest BCUT2D eigenvalue weighted by molar-refractivity contribution is 5.98. The third kappa shape index (κ3) is 3.54. The Morgan fingerprint density at radius 2 is 1.83 bits per heavy atom. The Balaban J connectivity index is 1.31. The molecule has 3 heterocycles. The molecule has 0 saturated carbocycles. The minimum Gasteiger partial charge on any atom is -0.337 e. The molecule has 4 aromatic rings. The van der Waals surface area contributed by atoms with Crippen LogP contribution in [0.3, 0.4) is 0 Å². The van der Waals surface area contributed by atoms with E-state index in [1.807, 2.05) is 30.3 Å². The number of aryl methyl sites for hydroxylation is 1. The topological polar surface area (TPSA) is 68.1 Å². The number of Topliss-reactive ketones (excluding diaryl/α,β-unsaturated/α-hetero) is 1. The highest BCUT2D eigenvalue weighted by Gasteiger charge is 2.48. The number of halogens is 1. The van der Waals surface area contributed by atoms with Crippen LogP contribution >= 0.6 is 0 Å². The number of amides is 1. The molecule has 0 N–H and O–H groups in total. The maximum absolute atomic E-state index is 14.4. The van der Waals surface area contributed by atoms with Crippen LogP contribution in [0, 0.1) is 12.7 Å². The molecule has 6 nitrogen and oxygen atoms in total. The first kappa shape index (κ1) is 22.3. The van der Waals surface area contributed by atoms with Gasteiger partial charge in [-0.2, -0.15) is 5.10 Å². The fourth-order valence-corrected chi connectivity index (χ4v) is 5.55. The van der Waals surface area contributed by atoms with Crippen LogP contribution in [0.4, 0.5) is 4.39 Å². The monoisotopic (exact) mass is 480 g/mol. The van der Waals surface area contributed by atoms with E-state index in [4.69, 9.17) is 0 Å². The number of nitrogens with zero attached hydrogens (tertiary/aromatic N) is 4. The van der Waals surface area contributed by atoms with Crippen LogP contribution in [0.5, 0.6) is 0 Å². The number of carbonyl (C=O) groups is 2. The summed E-state index contributed by atoms with van der Waals surface area (Å²) in [5.74, 6) is -0.281. The van der Waals surface area contributed by atoms with Crippen molar-refractivity contribution in [2.45, 2.75) is 31.6 Å². The summed E-state index contributed by atoms with van der Waals surface area (Å²) >= 11 is 0. The second kappa shape index (κ2) is 8.52. The molecular weight excluding hydrogens is 455 g/mol. The van der Waals surface area contributed by atoms with Crippen LogP contribution in [0.25, 0.3) is 16.9 Å². The maximum Gasteiger partial charge on any atom is 0.274 e. The van der Waals surface area contributed by atoms with Crippen LogP contribution in [-0.2, 0) is 16.6 Å². The van der Waals surface area contributed by atoms with Gasteiger partial charge in [0.25, 0.3) is 5.91 Å². The summed E-state index contributed by atoms with van der Waals surface area (Å²) in [5.41, 5.74) is 4.51. The number of benzene rings is 2. The van der Waals surface area contributed by atoms with Crippen LogP contribution in [0.1, 0.15) is 40.0 Å². The average Bonchev–Trinajstić information content (AvgIpc) is 3.46. The zero-order chi connectivity index (χ0) is 24.9. The molecule has 1 spiro atoms. The van der Waals surface area contributed by atoms with Crippen molar-refractivity contribution >= 4 is 11.7 Å². The second-order valence-corrected chi connectivity index (χ2v) is 9.63. The van der Waals surface area contributed by atoms with Crippen molar-refractivity contribution in [1.82, 2.24) is 19.7 Å². The van der Waals surface area contributed by atoms with E-state index in [-0.39, 0.29) is 23.2 Å². The van der Waals surface area contributed by atoms with Crippen molar-refractivity contribution in [2.75, 3.05) is 13.1 Å². The lowest BCUT2D eigenvalue weighted by Crippen LogP contribution is -2.47. The first-order valence-electron chi connectivity index (χ1n) is 12.1. The van der Waals surface area contributed by atoms with Gasteiger partial charge >= 0.3 is 0 Å². The smallest absolute Gasteiger partial charge is 0.274 e. The molecule has 1 saturated heterocycles. The number of pyridine rings is 1. The molecule has 36 heavy (non-hydrogen) atoms. The summed E-state index contributed by atoms with van der Waals surface area (Å²) in [5, 5.41) is 4.61. The van der Waals surface area contributed by atoms with Gasteiger partial charge in [-0.15, -0.1) is 0 Å². The van der Waals surface area contributed by atoms with Crippen molar-refractivity contribution in [3.8, 4) is 16.9 Å². The quantitative estimate of drug-likeness (QED) is 0.427. The maximum atomic E-state index is 14.4. The lowest BCUT2D eigenvalue weighted by molar-refractivity contribution is -0.124. The SMILES string of the molecule is Cc1ccc(-n2nc(C(=O)N3CCC4(CC3)C(=O)Cc3ccccc34)cc2-c2cccnc2)cc1F. The summed E-state index contributed by atoms with van der Waals surface area (Å²) < 4.78 is 16.0. The fraction of sp³-hybridized carbons (Fsp3) is 0.241. The zero-order valence-corrected chi connectivity index (χ0v) is 19.9. The molecule has 1 amide bonds. The van der Waals surface area contributed by atoms with Gasteiger partial charge in [-0.3, -0.25) is 14.6 Å². The third-order valence-corrected chi connectivity index (χ3v) is 7.61. The minimum atomic E-state index is -0.493. The Morgan fingerprint density at radius 3 is 2.58 bits per heavy atom. The molecule has 180 valence electrons. The molecule has 7 heteroatoms. The number of hydrogen-bond donors (Lipinski definition) is 0. The van der Waals surface area contributed by atoms with Crippen molar-refractivity contribution in [3.05, 3.63) is 101 Å². The zero-order valence-electron chi connectivity index (χ0n) is 19.9. The number of fused-ring (bicyclic) bond motifs is 2. The first-order chi connectivity index (χ1) is 17.5. The number of carbonyl (C=O) groups excluding carboxylic acids is 2. The van der Waals surface area contributed by atoms with Crippen LogP contribution in [0.2, 0.25) is 0 Å². The van der Waals surface area contributed by atoms with E-state index < -0.39 is 5.41 Å². The summed E-state index contributed by atoms with van der Waals surface area (Å²) in [6.07, 6.45) is 5.05. The normalized spacial score (nSPS) is 16.4. The van der Waals surface area contributed by atoms with E-state index >= 15 is 0 Å². The van der Waals surface area contributed by atoms with Gasteiger partial charge in [0.05, 0.1) is 16.8 Å². The Labute approximate surface area is 208 Å². The predicted molar refractivity (Wildman–Crippen MR) is 133 cm³/mol. The van der Waals surface area contributed by atoms with Crippen molar-refractivity contribution in [2.24, 2.45) is 0 Å². The number of piperidine rings is 1. The molecule has 6 rings (SSSR count). The first-order valence-corrected chi connectivity index (χ1v) is 12.1. The van der Waals surface area contributed by atoms with Crippen LogP contribution in [0.15, 0.2) is 73.1 Å². The predicted octanol–water partition coefficient (Wildman–Crippen LogP) is 4.68. The Hall–Kier alpha value is -4.13. The molecular formula is C29H25FN4O2. The van der Waals surface area contributed by atoms with Gasteiger partial charge in [-0.25, -0.2) is 9.07 Å². The molecule has 0 radical (unpaired) electrons. The molecule has 2 aromatic carbocycles. The summed E-state index contributed by atoms with van der Waals surface area (Å²) in [6, 6.07) is 18.4. The lowest BCUT2D eigenvalue weighted by Gasteiger charge is -2.38. The number of hydrogen-bond acceptors (Lipinski definition) is 4. The van der Waals surface area contributed by atoms with Crippen LogP contribution in [-0.4, -0.2) is 44.4 Å².